The zero-order valence-corrected chi connectivity index (χ0v) is 12.4. The normalized spacial score (nSPS) is 12.6. The van der Waals surface area contributed by atoms with E-state index in [1.165, 1.54) is 11.3 Å². The molecule has 1 aromatic carbocycles. The summed E-state index contributed by atoms with van der Waals surface area (Å²) in [5, 5.41) is 8.65. The summed E-state index contributed by atoms with van der Waals surface area (Å²) in [5.41, 5.74) is 8.85. The van der Waals surface area contributed by atoms with Gasteiger partial charge < -0.3 is 5.73 Å². The first-order chi connectivity index (χ1) is 8.70. The van der Waals surface area contributed by atoms with E-state index >= 15 is 0 Å². The van der Waals surface area contributed by atoms with E-state index in [2.05, 4.69) is 23.2 Å². The quantitative estimate of drug-likeness (QED) is 0.916. The third-order valence-electron chi connectivity index (χ3n) is 2.60. The molecule has 1 atom stereocenters. The third kappa shape index (κ3) is 3.45. The Labute approximate surface area is 120 Å². The van der Waals surface area contributed by atoms with E-state index in [9.17, 15) is 0 Å². The molecule has 1 unspecified atom stereocenters. The number of halogens is 1. The molecule has 0 saturated heterocycles. The van der Waals surface area contributed by atoms with Crippen LogP contribution in [0.4, 0.5) is 0 Å². The average molecular weight is 300 g/mol. The largest absolute Gasteiger partial charge is 0.327 e. The molecule has 0 fully saturated rings. The van der Waals surface area contributed by atoms with Crippen molar-refractivity contribution in [1.82, 2.24) is 10.2 Å². The van der Waals surface area contributed by atoms with Crippen LogP contribution in [-0.2, 0) is 6.42 Å². The number of nitrogens with two attached hydrogens (primary N) is 1. The third-order valence-corrected chi connectivity index (χ3v) is 4.84. The van der Waals surface area contributed by atoms with Gasteiger partial charge in [0.15, 0.2) is 4.34 Å². The van der Waals surface area contributed by atoms with Crippen LogP contribution in [0.25, 0.3) is 0 Å². The molecule has 1 heterocycles. The van der Waals surface area contributed by atoms with Gasteiger partial charge in [-0.1, -0.05) is 47.7 Å². The van der Waals surface area contributed by atoms with E-state index in [1.807, 2.05) is 12.1 Å². The minimum atomic E-state index is 0.138. The fourth-order valence-corrected chi connectivity index (χ4v) is 3.46. The summed E-state index contributed by atoms with van der Waals surface area (Å²) in [6.07, 6.45) is 1.73. The fraction of sp³-hybridized carbons (Fsp3) is 0.333. The molecule has 2 aromatic rings. The molecule has 0 spiro atoms. The monoisotopic (exact) mass is 299 g/mol. The molecule has 0 aliphatic heterocycles. The zero-order valence-electron chi connectivity index (χ0n) is 9.97. The first-order valence-corrected chi connectivity index (χ1v) is 7.75. The highest BCUT2D eigenvalue weighted by Crippen LogP contribution is 2.35. The van der Waals surface area contributed by atoms with Crippen LogP contribution in [0.2, 0.25) is 5.02 Å². The second kappa shape index (κ2) is 6.52. The van der Waals surface area contributed by atoms with Gasteiger partial charge in [-0.3, -0.25) is 0 Å². The zero-order chi connectivity index (χ0) is 13.0. The smallest absolute Gasteiger partial charge is 0.178 e. The highest BCUT2D eigenvalue weighted by molar-refractivity contribution is 8.01. The van der Waals surface area contributed by atoms with Crippen LogP contribution in [0.15, 0.2) is 32.9 Å². The highest BCUT2D eigenvalue weighted by atomic mass is 35.5. The number of nitrogens with zero attached hydrogens (tertiary/aromatic N) is 2. The molecule has 0 aliphatic rings. The Hall–Kier alpha value is -0.620. The van der Waals surface area contributed by atoms with E-state index < -0.39 is 0 Å². The van der Waals surface area contributed by atoms with E-state index in [1.54, 1.807) is 17.3 Å². The Morgan fingerprint density at radius 1 is 1.50 bits per heavy atom. The van der Waals surface area contributed by atoms with Crippen molar-refractivity contribution in [1.29, 1.82) is 0 Å². The molecule has 18 heavy (non-hydrogen) atoms. The maximum atomic E-state index is 6.27. The lowest BCUT2D eigenvalue weighted by atomic mass is 10.0. The van der Waals surface area contributed by atoms with Crippen molar-refractivity contribution in [2.45, 2.75) is 35.0 Å². The van der Waals surface area contributed by atoms with E-state index in [-0.39, 0.29) is 6.04 Å². The molecule has 0 amide bonds. The van der Waals surface area contributed by atoms with Gasteiger partial charge in [-0.05, 0) is 30.5 Å². The predicted octanol–water partition coefficient (Wildman–Crippen LogP) is 3.62. The SMILES string of the molecule is CCC(N)Cc1c(Cl)cccc1Sc1nncs1. The van der Waals surface area contributed by atoms with E-state index in [0.717, 1.165) is 32.7 Å². The van der Waals surface area contributed by atoms with E-state index in [4.69, 9.17) is 17.3 Å². The lowest BCUT2D eigenvalue weighted by molar-refractivity contribution is 0.641. The molecule has 2 N–H and O–H groups in total. The number of aromatic nitrogens is 2. The van der Waals surface area contributed by atoms with Crippen LogP contribution in [0.1, 0.15) is 18.9 Å². The Morgan fingerprint density at radius 2 is 2.33 bits per heavy atom. The van der Waals surface area contributed by atoms with Crippen molar-refractivity contribution in [3.8, 4) is 0 Å². The summed E-state index contributed by atoms with van der Waals surface area (Å²) in [7, 11) is 0. The summed E-state index contributed by atoms with van der Waals surface area (Å²) in [6, 6.07) is 6.05. The van der Waals surface area contributed by atoms with Crippen molar-refractivity contribution < 1.29 is 0 Å². The predicted molar refractivity (Wildman–Crippen MR) is 77.5 cm³/mol. The Morgan fingerprint density at radius 3 is 3.00 bits per heavy atom. The molecule has 3 nitrogen and oxygen atoms in total. The van der Waals surface area contributed by atoms with Gasteiger partial charge in [-0.25, -0.2) is 0 Å². The van der Waals surface area contributed by atoms with Crippen LogP contribution in [0.5, 0.6) is 0 Å². The average Bonchev–Trinajstić information content (AvgIpc) is 2.86. The van der Waals surface area contributed by atoms with Crippen molar-refractivity contribution in [3.05, 3.63) is 34.3 Å². The van der Waals surface area contributed by atoms with Gasteiger partial charge in [0.05, 0.1) is 0 Å². The van der Waals surface area contributed by atoms with Gasteiger partial charge >= 0.3 is 0 Å². The molecule has 2 rings (SSSR count). The van der Waals surface area contributed by atoms with Crippen LogP contribution < -0.4 is 5.73 Å². The van der Waals surface area contributed by atoms with Crippen molar-refractivity contribution in [3.63, 3.8) is 0 Å². The van der Waals surface area contributed by atoms with Crippen molar-refractivity contribution in [2.24, 2.45) is 5.73 Å². The summed E-state index contributed by atoms with van der Waals surface area (Å²) in [6.45, 7) is 2.08. The van der Waals surface area contributed by atoms with Gasteiger partial charge in [0.1, 0.15) is 5.51 Å². The van der Waals surface area contributed by atoms with Crippen LogP contribution in [0.3, 0.4) is 0 Å². The summed E-state index contributed by atoms with van der Waals surface area (Å²) >= 11 is 9.38. The second-order valence-electron chi connectivity index (χ2n) is 3.90. The Kier molecular flexibility index (Phi) is 5.00. The molecule has 0 aliphatic carbocycles. The molecular formula is C12H14ClN3S2. The Balaban J connectivity index is 2.26. The maximum Gasteiger partial charge on any atom is 0.178 e. The van der Waals surface area contributed by atoms with Crippen molar-refractivity contribution >= 4 is 34.7 Å². The molecule has 1 aromatic heterocycles. The molecule has 96 valence electrons. The van der Waals surface area contributed by atoms with Gasteiger partial charge in [0, 0.05) is 16.0 Å². The number of hydrogen-bond donors (Lipinski definition) is 1. The first-order valence-electron chi connectivity index (χ1n) is 5.67. The van der Waals surface area contributed by atoms with Gasteiger partial charge in [0.2, 0.25) is 0 Å². The van der Waals surface area contributed by atoms with Crippen molar-refractivity contribution in [2.75, 3.05) is 0 Å². The maximum absolute atomic E-state index is 6.27. The minimum Gasteiger partial charge on any atom is -0.327 e. The van der Waals surface area contributed by atoms with E-state index in [0.29, 0.717) is 0 Å². The number of rotatable bonds is 5. The van der Waals surface area contributed by atoms with Gasteiger partial charge in [0.25, 0.3) is 0 Å². The summed E-state index contributed by atoms with van der Waals surface area (Å²) in [4.78, 5) is 1.11. The topological polar surface area (TPSA) is 51.8 Å². The fourth-order valence-electron chi connectivity index (χ4n) is 1.54. The number of hydrogen-bond acceptors (Lipinski definition) is 5. The Bertz CT molecular complexity index is 502. The summed E-state index contributed by atoms with van der Waals surface area (Å²) < 4.78 is 0.920. The highest BCUT2D eigenvalue weighted by Gasteiger charge is 2.12. The molecule has 0 saturated carbocycles. The van der Waals surface area contributed by atoms with Crippen LogP contribution in [-0.4, -0.2) is 16.2 Å². The molecule has 0 radical (unpaired) electrons. The molecule has 0 bridgehead atoms. The lowest BCUT2D eigenvalue weighted by Gasteiger charge is -2.13. The second-order valence-corrected chi connectivity index (χ2v) is 6.43. The van der Waals surface area contributed by atoms with Gasteiger partial charge in [-0.15, -0.1) is 10.2 Å². The first kappa shape index (κ1) is 13.8. The number of benzene rings is 1. The van der Waals surface area contributed by atoms with Crippen LogP contribution >= 0.6 is 34.7 Å². The molecular weight excluding hydrogens is 286 g/mol. The lowest BCUT2D eigenvalue weighted by Crippen LogP contribution is -2.21. The minimum absolute atomic E-state index is 0.138. The summed E-state index contributed by atoms with van der Waals surface area (Å²) in [5.74, 6) is 0. The van der Waals surface area contributed by atoms with Crippen LogP contribution in [0, 0.1) is 0 Å². The molecule has 6 heteroatoms. The standard InChI is InChI=1S/C12H14ClN3S2/c1-2-8(14)6-9-10(13)4-3-5-11(9)18-12-16-15-7-17-12/h3-5,7-8H,2,6,14H2,1H3. The van der Waals surface area contributed by atoms with Gasteiger partial charge in [-0.2, -0.15) is 0 Å².